The molecule has 1 aromatic carbocycles. The van der Waals surface area contributed by atoms with Crippen molar-refractivity contribution >= 4 is 50.4 Å². The van der Waals surface area contributed by atoms with E-state index in [0.717, 1.165) is 16.2 Å². The fraction of sp³-hybridized carbons (Fsp3) is 0.176. The molecular weight excluding hydrogens is 442 g/mol. The molecule has 0 radical (unpaired) electrons. The van der Waals surface area contributed by atoms with Crippen LogP contribution in [0.4, 0.5) is 11.6 Å². The summed E-state index contributed by atoms with van der Waals surface area (Å²) in [6.45, 7) is 1.60. The van der Waals surface area contributed by atoms with Gasteiger partial charge in [-0.1, -0.05) is 16.8 Å². The summed E-state index contributed by atoms with van der Waals surface area (Å²) < 4.78 is 39.6. The maximum absolute atomic E-state index is 13.4. The predicted molar refractivity (Wildman–Crippen MR) is 108 cm³/mol. The van der Waals surface area contributed by atoms with E-state index in [9.17, 15) is 13.2 Å². The Labute approximate surface area is 175 Å². The molecule has 0 aliphatic heterocycles. The second kappa shape index (κ2) is 8.03. The topological polar surface area (TPSA) is 125 Å². The number of sulfonamides is 1. The van der Waals surface area contributed by atoms with Crippen molar-refractivity contribution in [2.75, 3.05) is 19.1 Å². The quantitative estimate of drug-likeness (QED) is 0.601. The monoisotopic (exact) mass is 457 g/mol. The number of hydrogen-bond acceptors (Lipinski definition) is 8. The number of nitrogens with zero attached hydrogens (tertiary/aromatic N) is 2. The van der Waals surface area contributed by atoms with Crippen molar-refractivity contribution < 1.29 is 27.2 Å². The van der Waals surface area contributed by atoms with Crippen molar-refractivity contribution in [3.8, 4) is 11.5 Å². The second-order valence-electron chi connectivity index (χ2n) is 5.72. The average molecular weight is 458 g/mol. The van der Waals surface area contributed by atoms with Crippen molar-refractivity contribution in [3.05, 3.63) is 45.2 Å². The number of carbonyl (C=O) groups excluding carboxylic acids is 1. The number of aromatic nitrogens is 1. The third kappa shape index (κ3) is 3.94. The van der Waals surface area contributed by atoms with Crippen LogP contribution in [-0.2, 0) is 10.0 Å². The fourth-order valence-electron chi connectivity index (χ4n) is 2.55. The van der Waals surface area contributed by atoms with Crippen LogP contribution in [0.1, 0.15) is 15.4 Å². The standard InChI is InChI=1S/C17H16ClN3O6S2/c1-9-14(18)17(27-20-9)21(11-5-4-10(25-2)8-12(11)26-3)16(22)15-13(6-7-28-15)29(19,23)24/h4-8H,1-3H3,(H2,19,23,24). The number of amides is 1. The van der Waals surface area contributed by atoms with E-state index in [1.54, 1.807) is 25.1 Å². The number of primary sulfonamides is 1. The molecule has 0 saturated heterocycles. The van der Waals surface area contributed by atoms with Crippen molar-refractivity contribution in [2.45, 2.75) is 11.8 Å². The van der Waals surface area contributed by atoms with Gasteiger partial charge < -0.3 is 14.0 Å². The number of hydrogen-bond donors (Lipinski definition) is 1. The maximum Gasteiger partial charge on any atom is 0.276 e. The van der Waals surface area contributed by atoms with Crippen LogP contribution < -0.4 is 19.5 Å². The van der Waals surface area contributed by atoms with E-state index in [-0.39, 0.29) is 32.1 Å². The molecule has 9 nitrogen and oxygen atoms in total. The molecule has 0 saturated carbocycles. The lowest BCUT2D eigenvalue weighted by atomic mass is 10.2. The first-order valence-electron chi connectivity index (χ1n) is 7.97. The van der Waals surface area contributed by atoms with E-state index >= 15 is 0 Å². The van der Waals surface area contributed by atoms with Gasteiger partial charge in [0.15, 0.2) is 0 Å². The summed E-state index contributed by atoms with van der Waals surface area (Å²) in [5.41, 5.74) is 0.593. The number of rotatable bonds is 6. The minimum Gasteiger partial charge on any atom is -0.497 e. The highest BCUT2D eigenvalue weighted by Gasteiger charge is 2.33. The molecule has 2 N–H and O–H groups in total. The summed E-state index contributed by atoms with van der Waals surface area (Å²) >= 11 is 7.20. The van der Waals surface area contributed by atoms with Crippen LogP contribution in [0.3, 0.4) is 0 Å². The lowest BCUT2D eigenvalue weighted by Gasteiger charge is -2.22. The molecule has 2 heterocycles. The lowest BCUT2D eigenvalue weighted by molar-refractivity contribution is 0.0994. The molecule has 0 atom stereocenters. The Morgan fingerprint density at radius 2 is 2.00 bits per heavy atom. The molecule has 3 rings (SSSR count). The van der Waals surface area contributed by atoms with Crippen LogP contribution in [0.5, 0.6) is 11.5 Å². The van der Waals surface area contributed by atoms with Crippen molar-refractivity contribution in [1.29, 1.82) is 0 Å². The van der Waals surface area contributed by atoms with E-state index < -0.39 is 15.9 Å². The summed E-state index contributed by atoms with van der Waals surface area (Å²) in [5, 5.41) is 10.6. The molecule has 1 amide bonds. The average Bonchev–Trinajstić information content (AvgIpc) is 3.31. The first-order valence-corrected chi connectivity index (χ1v) is 10.8. The highest BCUT2D eigenvalue weighted by molar-refractivity contribution is 7.89. The molecule has 0 bridgehead atoms. The fourth-order valence-corrected chi connectivity index (χ4v) is 4.60. The molecule has 0 fully saturated rings. The third-order valence-corrected chi connectivity index (χ3v) is 6.36. The van der Waals surface area contributed by atoms with Crippen molar-refractivity contribution in [3.63, 3.8) is 0 Å². The van der Waals surface area contributed by atoms with Gasteiger partial charge in [0.1, 0.15) is 32.0 Å². The van der Waals surface area contributed by atoms with Crippen LogP contribution in [-0.4, -0.2) is 33.7 Å². The summed E-state index contributed by atoms with van der Waals surface area (Å²) in [5.74, 6) is -0.0762. The Kier molecular flexibility index (Phi) is 5.85. The van der Waals surface area contributed by atoms with Crippen molar-refractivity contribution in [1.82, 2.24) is 5.16 Å². The Morgan fingerprint density at radius 1 is 1.28 bits per heavy atom. The first kappa shape index (κ1) is 21.1. The van der Waals surface area contributed by atoms with Gasteiger partial charge in [-0.25, -0.2) is 18.5 Å². The van der Waals surface area contributed by atoms with Gasteiger partial charge in [0, 0.05) is 6.07 Å². The lowest BCUT2D eigenvalue weighted by Crippen LogP contribution is -2.27. The number of ether oxygens (including phenoxy) is 2. The summed E-state index contributed by atoms with van der Waals surface area (Å²) in [6, 6.07) is 5.96. The molecular formula is C17H16ClN3O6S2. The molecule has 29 heavy (non-hydrogen) atoms. The van der Waals surface area contributed by atoms with E-state index in [2.05, 4.69) is 5.16 Å². The van der Waals surface area contributed by atoms with Gasteiger partial charge in [0.05, 0.1) is 19.9 Å². The van der Waals surface area contributed by atoms with Gasteiger partial charge in [-0.2, -0.15) is 0 Å². The van der Waals surface area contributed by atoms with Crippen LogP contribution >= 0.6 is 22.9 Å². The van der Waals surface area contributed by atoms with Crippen LogP contribution in [0.25, 0.3) is 0 Å². The zero-order valence-corrected chi connectivity index (χ0v) is 17.9. The van der Waals surface area contributed by atoms with E-state index in [0.29, 0.717) is 11.4 Å². The normalized spacial score (nSPS) is 11.3. The molecule has 3 aromatic rings. The Bertz CT molecular complexity index is 1170. The third-order valence-electron chi connectivity index (χ3n) is 3.94. The zero-order chi connectivity index (χ0) is 21.3. The molecule has 0 unspecified atom stereocenters. The number of thiophene rings is 1. The summed E-state index contributed by atoms with van der Waals surface area (Å²) in [6.07, 6.45) is 0. The number of anilines is 2. The minimum atomic E-state index is -4.13. The first-order chi connectivity index (χ1) is 13.7. The van der Waals surface area contributed by atoms with Gasteiger partial charge in [-0.3, -0.25) is 4.79 Å². The number of nitrogens with two attached hydrogens (primary N) is 1. The number of benzene rings is 1. The Balaban J connectivity index is 2.25. The van der Waals surface area contributed by atoms with E-state index in [4.69, 9.17) is 30.7 Å². The van der Waals surface area contributed by atoms with E-state index in [1.165, 1.54) is 25.7 Å². The maximum atomic E-state index is 13.4. The van der Waals surface area contributed by atoms with Gasteiger partial charge in [0.25, 0.3) is 11.8 Å². The molecule has 2 aromatic heterocycles. The van der Waals surface area contributed by atoms with Gasteiger partial charge >= 0.3 is 0 Å². The summed E-state index contributed by atoms with van der Waals surface area (Å²) in [4.78, 5) is 14.1. The zero-order valence-electron chi connectivity index (χ0n) is 15.5. The van der Waals surface area contributed by atoms with Crippen molar-refractivity contribution in [2.24, 2.45) is 5.14 Å². The SMILES string of the molecule is COc1ccc(N(C(=O)c2sccc2S(N)(=O)=O)c2onc(C)c2Cl)c(OC)c1. The van der Waals surface area contributed by atoms with Crippen LogP contribution in [0.15, 0.2) is 39.1 Å². The van der Waals surface area contributed by atoms with E-state index in [1.807, 2.05) is 0 Å². The van der Waals surface area contributed by atoms with Gasteiger partial charge in [-0.05, 0) is 30.5 Å². The van der Waals surface area contributed by atoms with Gasteiger partial charge in [0.2, 0.25) is 10.0 Å². The van der Waals surface area contributed by atoms with Gasteiger partial charge in [-0.15, -0.1) is 11.3 Å². The Hall–Kier alpha value is -2.60. The highest BCUT2D eigenvalue weighted by Crippen LogP contribution is 2.42. The van der Waals surface area contributed by atoms with Crippen LogP contribution in [0.2, 0.25) is 5.02 Å². The minimum absolute atomic E-state index is 0.0879. The molecule has 0 spiro atoms. The molecule has 12 heteroatoms. The van der Waals surface area contributed by atoms with Crippen LogP contribution in [0, 0.1) is 6.92 Å². The second-order valence-corrected chi connectivity index (χ2v) is 8.55. The largest absolute Gasteiger partial charge is 0.497 e. The Morgan fingerprint density at radius 3 is 2.55 bits per heavy atom. The highest BCUT2D eigenvalue weighted by atomic mass is 35.5. The summed E-state index contributed by atoms with van der Waals surface area (Å²) in [7, 11) is -1.24. The smallest absolute Gasteiger partial charge is 0.276 e. The number of aryl methyl sites for hydroxylation is 1. The molecule has 154 valence electrons. The molecule has 0 aliphatic rings. The number of methoxy groups -OCH3 is 2. The predicted octanol–water partition coefficient (Wildman–Crippen LogP) is 3.34. The molecule has 0 aliphatic carbocycles. The number of halogens is 1. The number of carbonyl (C=O) groups is 1.